The zero-order chi connectivity index (χ0) is 21.1. The number of aryl methyl sites for hydroxylation is 2. The second kappa shape index (κ2) is 8.74. The van der Waals surface area contributed by atoms with Crippen molar-refractivity contribution in [3.05, 3.63) is 53.4 Å². The summed E-state index contributed by atoms with van der Waals surface area (Å²) in [6, 6.07) is 8.55. The Morgan fingerprint density at radius 1 is 1.10 bits per heavy atom. The molecule has 1 N–H and O–H groups in total. The maximum Gasteiger partial charge on any atom is 0.252 e. The predicted molar refractivity (Wildman–Crippen MR) is 112 cm³/mol. The van der Waals surface area contributed by atoms with Gasteiger partial charge in [-0.05, 0) is 44.2 Å². The first-order valence-electron chi connectivity index (χ1n) is 10.2. The van der Waals surface area contributed by atoms with E-state index in [0.717, 1.165) is 49.8 Å². The topological polar surface area (TPSA) is 78.7 Å². The highest BCUT2D eigenvalue weighted by Crippen LogP contribution is 2.16. The first-order chi connectivity index (χ1) is 14.5. The van der Waals surface area contributed by atoms with Crippen molar-refractivity contribution in [1.82, 2.24) is 29.8 Å². The third kappa shape index (κ3) is 4.73. The van der Waals surface area contributed by atoms with E-state index >= 15 is 0 Å². The van der Waals surface area contributed by atoms with Crippen molar-refractivity contribution in [2.24, 2.45) is 0 Å². The molecule has 1 saturated heterocycles. The average molecular weight is 411 g/mol. The van der Waals surface area contributed by atoms with Crippen molar-refractivity contribution < 1.29 is 9.18 Å². The molecule has 1 aliphatic heterocycles. The number of aromatic nitrogens is 4. The summed E-state index contributed by atoms with van der Waals surface area (Å²) < 4.78 is 14.7. The lowest BCUT2D eigenvalue weighted by Gasteiger charge is -2.36. The Balaban J connectivity index is 1.21. The van der Waals surface area contributed by atoms with Crippen LogP contribution in [0.4, 0.5) is 10.1 Å². The number of anilines is 1. The maximum absolute atomic E-state index is 13.1. The standard InChI is InChI=1S/C21H26FN7O/c1-15-13-16(2)29-21(24-15)25-19(26-29)14-20(30)23-7-8-27-9-11-28(12-10-27)18-5-3-17(22)4-6-18/h3-6,13H,7-12,14H2,1-2H3,(H,23,30). The van der Waals surface area contributed by atoms with Gasteiger partial charge in [0.2, 0.25) is 5.91 Å². The predicted octanol–water partition coefficient (Wildman–Crippen LogP) is 1.36. The van der Waals surface area contributed by atoms with Crippen molar-refractivity contribution in [2.45, 2.75) is 20.3 Å². The molecule has 2 aromatic heterocycles. The average Bonchev–Trinajstić information content (AvgIpc) is 3.11. The van der Waals surface area contributed by atoms with Crippen molar-refractivity contribution >= 4 is 17.4 Å². The molecule has 9 heteroatoms. The third-order valence-electron chi connectivity index (χ3n) is 5.30. The molecular formula is C21H26FN7O. The van der Waals surface area contributed by atoms with Gasteiger partial charge < -0.3 is 10.2 Å². The van der Waals surface area contributed by atoms with Crippen LogP contribution < -0.4 is 10.2 Å². The van der Waals surface area contributed by atoms with Crippen LogP contribution in [0.1, 0.15) is 17.2 Å². The van der Waals surface area contributed by atoms with Gasteiger partial charge in [-0.1, -0.05) is 0 Å². The van der Waals surface area contributed by atoms with Crippen LogP contribution in [0, 0.1) is 19.7 Å². The van der Waals surface area contributed by atoms with Crippen LogP contribution in [-0.2, 0) is 11.2 Å². The molecule has 0 unspecified atom stereocenters. The molecule has 1 fully saturated rings. The minimum Gasteiger partial charge on any atom is -0.369 e. The van der Waals surface area contributed by atoms with E-state index in [2.05, 4.69) is 30.2 Å². The Bertz CT molecular complexity index is 1030. The van der Waals surface area contributed by atoms with Gasteiger partial charge in [0.15, 0.2) is 5.82 Å². The number of rotatable bonds is 6. The number of carbonyl (C=O) groups excluding carboxylic acids is 1. The van der Waals surface area contributed by atoms with Crippen molar-refractivity contribution in [3.8, 4) is 0 Å². The Hall–Kier alpha value is -3.07. The van der Waals surface area contributed by atoms with Crippen LogP contribution in [0.3, 0.4) is 0 Å². The van der Waals surface area contributed by atoms with Crippen LogP contribution in [0.15, 0.2) is 30.3 Å². The lowest BCUT2D eigenvalue weighted by molar-refractivity contribution is -0.120. The maximum atomic E-state index is 13.1. The number of hydrogen-bond donors (Lipinski definition) is 1. The molecule has 1 amide bonds. The fraction of sp³-hybridized carbons (Fsp3) is 0.429. The van der Waals surface area contributed by atoms with E-state index in [4.69, 9.17) is 0 Å². The summed E-state index contributed by atoms with van der Waals surface area (Å²) in [7, 11) is 0. The molecule has 1 aliphatic rings. The number of nitrogens with one attached hydrogen (secondary N) is 1. The molecule has 4 rings (SSSR count). The molecule has 8 nitrogen and oxygen atoms in total. The number of benzene rings is 1. The van der Waals surface area contributed by atoms with E-state index in [0.29, 0.717) is 18.1 Å². The van der Waals surface area contributed by atoms with Gasteiger partial charge in [-0.3, -0.25) is 9.69 Å². The summed E-state index contributed by atoms with van der Waals surface area (Å²) in [6.45, 7) is 8.81. The van der Waals surface area contributed by atoms with Gasteiger partial charge in [0.05, 0.1) is 6.42 Å². The number of carbonyl (C=O) groups is 1. The van der Waals surface area contributed by atoms with E-state index in [-0.39, 0.29) is 18.1 Å². The lowest BCUT2D eigenvalue weighted by Crippen LogP contribution is -2.48. The molecule has 0 aliphatic carbocycles. The number of nitrogens with zero attached hydrogens (tertiary/aromatic N) is 6. The number of amides is 1. The minimum absolute atomic E-state index is 0.0924. The van der Waals surface area contributed by atoms with Crippen LogP contribution >= 0.6 is 0 Å². The van der Waals surface area contributed by atoms with Gasteiger partial charge >= 0.3 is 0 Å². The van der Waals surface area contributed by atoms with Crippen LogP contribution in [0.2, 0.25) is 0 Å². The molecule has 3 aromatic rings. The molecule has 158 valence electrons. The summed E-state index contributed by atoms with van der Waals surface area (Å²) in [5, 5.41) is 7.33. The first kappa shape index (κ1) is 20.2. The van der Waals surface area contributed by atoms with Crippen LogP contribution in [0.5, 0.6) is 0 Å². The monoisotopic (exact) mass is 411 g/mol. The number of fused-ring (bicyclic) bond motifs is 1. The summed E-state index contributed by atoms with van der Waals surface area (Å²) in [6.07, 6.45) is 0.139. The van der Waals surface area contributed by atoms with Crippen LogP contribution in [-0.4, -0.2) is 69.7 Å². The fourth-order valence-electron chi connectivity index (χ4n) is 3.72. The second-order valence-corrected chi connectivity index (χ2v) is 7.61. The van der Waals surface area contributed by atoms with Gasteiger partial charge in [0.1, 0.15) is 5.82 Å². The van der Waals surface area contributed by atoms with Crippen molar-refractivity contribution in [1.29, 1.82) is 0 Å². The van der Waals surface area contributed by atoms with E-state index in [1.807, 2.05) is 32.0 Å². The Morgan fingerprint density at radius 2 is 1.83 bits per heavy atom. The van der Waals surface area contributed by atoms with Crippen LogP contribution in [0.25, 0.3) is 5.78 Å². The highest BCUT2D eigenvalue weighted by atomic mass is 19.1. The van der Waals surface area contributed by atoms with Crippen molar-refractivity contribution in [2.75, 3.05) is 44.2 Å². The summed E-state index contributed by atoms with van der Waals surface area (Å²) >= 11 is 0. The number of hydrogen-bond acceptors (Lipinski definition) is 6. The normalized spacial score (nSPS) is 15.0. The Morgan fingerprint density at radius 3 is 2.57 bits per heavy atom. The summed E-state index contributed by atoms with van der Waals surface area (Å²) in [4.78, 5) is 25.5. The number of piperazine rings is 1. The van der Waals surface area contributed by atoms with E-state index in [1.54, 1.807) is 4.52 Å². The molecular weight excluding hydrogens is 385 g/mol. The Kier molecular flexibility index (Phi) is 5.89. The molecule has 0 bridgehead atoms. The summed E-state index contributed by atoms with van der Waals surface area (Å²) in [5.41, 5.74) is 2.86. The molecule has 0 radical (unpaired) electrons. The van der Waals surface area contributed by atoms with Gasteiger partial charge in [0.25, 0.3) is 5.78 Å². The van der Waals surface area contributed by atoms with E-state index in [9.17, 15) is 9.18 Å². The molecule has 30 heavy (non-hydrogen) atoms. The molecule has 0 spiro atoms. The SMILES string of the molecule is Cc1cc(C)n2nc(CC(=O)NCCN3CCN(c4ccc(F)cc4)CC3)nc2n1. The Labute approximate surface area is 174 Å². The highest BCUT2D eigenvalue weighted by Gasteiger charge is 2.17. The molecule has 1 aromatic carbocycles. The molecule has 0 saturated carbocycles. The second-order valence-electron chi connectivity index (χ2n) is 7.61. The smallest absolute Gasteiger partial charge is 0.252 e. The zero-order valence-corrected chi connectivity index (χ0v) is 17.3. The first-order valence-corrected chi connectivity index (χ1v) is 10.2. The zero-order valence-electron chi connectivity index (χ0n) is 17.3. The van der Waals surface area contributed by atoms with Gasteiger partial charge in [0, 0.05) is 56.3 Å². The molecule has 3 heterocycles. The fourth-order valence-corrected chi connectivity index (χ4v) is 3.72. The van der Waals surface area contributed by atoms with Gasteiger partial charge in [-0.15, -0.1) is 5.10 Å². The number of halogens is 1. The lowest BCUT2D eigenvalue weighted by atomic mass is 10.2. The van der Waals surface area contributed by atoms with E-state index < -0.39 is 0 Å². The quantitative estimate of drug-likeness (QED) is 0.660. The highest BCUT2D eigenvalue weighted by molar-refractivity contribution is 5.77. The largest absolute Gasteiger partial charge is 0.369 e. The van der Waals surface area contributed by atoms with Gasteiger partial charge in [-0.2, -0.15) is 4.98 Å². The van der Waals surface area contributed by atoms with E-state index in [1.165, 1.54) is 12.1 Å². The minimum atomic E-state index is -0.214. The summed E-state index contributed by atoms with van der Waals surface area (Å²) in [5.74, 6) is 0.689. The third-order valence-corrected chi connectivity index (χ3v) is 5.30. The van der Waals surface area contributed by atoms with Gasteiger partial charge in [-0.25, -0.2) is 13.9 Å². The van der Waals surface area contributed by atoms with Crippen molar-refractivity contribution in [3.63, 3.8) is 0 Å². The molecule has 0 atom stereocenters.